The maximum atomic E-state index is 13.5. The van der Waals surface area contributed by atoms with Gasteiger partial charge in [-0.15, -0.1) is 0 Å². The van der Waals surface area contributed by atoms with Crippen LogP contribution < -0.4 is 5.32 Å². The number of carbonyl (C=O) groups excluding carboxylic acids is 1. The van der Waals surface area contributed by atoms with Crippen LogP contribution >= 0.6 is 0 Å². The van der Waals surface area contributed by atoms with Crippen LogP contribution in [0.1, 0.15) is 19.4 Å². The number of piperazine rings is 1. The van der Waals surface area contributed by atoms with Gasteiger partial charge in [-0.1, -0.05) is 12.1 Å². The Labute approximate surface area is 111 Å². The lowest BCUT2D eigenvalue weighted by Gasteiger charge is -2.39. The Morgan fingerprint density at radius 1 is 1.42 bits per heavy atom. The summed E-state index contributed by atoms with van der Waals surface area (Å²) >= 11 is 0. The van der Waals surface area contributed by atoms with Crippen LogP contribution in [0.25, 0.3) is 0 Å². The van der Waals surface area contributed by atoms with E-state index < -0.39 is 11.6 Å². The normalized spacial score (nSPS) is 18.4. The second-order valence-electron chi connectivity index (χ2n) is 5.52. The minimum atomic E-state index is -0.926. The predicted octanol–water partition coefficient (Wildman–Crippen LogP) is 1.72. The third kappa shape index (κ3) is 3.29. The van der Waals surface area contributed by atoms with E-state index in [1.165, 1.54) is 12.1 Å². The largest absolute Gasteiger partial charge is 0.339 e. The summed E-state index contributed by atoms with van der Waals surface area (Å²) in [6.07, 6.45) is -0.0975. The molecule has 0 saturated carbocycles. The Morgan fingerprint density at radius 2 is 2.16 bits per heavy atom. The van der Waals surface area contributed by atoms with Gasteiger partial charge in [0.05, 0.1) is 6.42 Å². The molecule has 104 valence electrons. The Morgan fingerprint density at radius 3 is 2.84 bits per heavy atom. The summed E-state index contributed by atoms with van der Waals surface area (Å²) in [6, 6.07) is 3.92. The number of benzene rings is 1. The number of halogens is 2. The molecule has 1 amide bonds. The molecule has 19 heavy (non-hydrogen) atoms. The molecule has 2 rings (SSSR count). The van der Waals surface area contributed by atoms with Crippen molar-refractivity contribution in [3.63, 3.8) is 0 Å². The van der Waals surface area contributed by atoms with Crippen LogP contribution in [0.5, 0.6) is 0 Å². The quantitative estimate of drug-likeness (QED) is 0.885. The van der Waals surface area contributed by atoms with E-state index in [1.807, 2.05) is 13.8 Å². The lowest BCUT2D eigenvalue weighted by atomic mass is 10.0. The molecule has 0 radical (unpaired) electrons. The zero-order chi connectivity index (χ0) is 14.0. The van der Waals surface area contributed by atoms with Gasteiger partial charge < -0.3 is 10.2 Å². The molecule has 0 spiro atoms. The predicted molar refractivity (Wildman–Crippen MR) is 68.7 cm³/mol. The van der Waals surface area contributed by atoms with Gasteiger partial charge in [-0.2, -0.15) is 0 Å². The lowest BCUT2D eigenvalue weighted by Crippen LogP contribution is -2.58. The number of nitrogens with zero attached hydrogens (tertiary/aromatic N) is 1. The van der Waals surface area contributed by atoms with Crippen LogP contribution in [0.4, 0.5) is 8.78 Å². The summed E-state index contributed by atoms with van der Waals surface area (Å²) in [6.45, 7) is 5.90. The van der Waals surface area contributed by atoms with Crippen molar-refractivity contribution in [1.29, 1.82) is 0 Å². The van der Waals surface area contributed by atoms with Gasteiger partial charge in [0.2, 0.25) is 5.91 Å². The Hall–Kier alpha value is -1.49. The maximum Gasteiger partial charge on any atom is 0.227 e. The first-order chi connectivity index (χ1) is 8.89. The van der Waals surface area contributed by atoms with Crippen LogP contribution in [0, 0.1) is 11.6 Å². The highest BCUT2D eigenvalue weighted by Gasteiger charge is 2.28. The molecule has 0 bridgehead atoms. The summed E-state index contributed by atoms with van der Waals surface area (Å²) in [7, 11) is 0. The smallest absolute Gasteiger partial charge is 0.227 e. The molecule has 1 aromatic carbocycles. The molecular weight excluding hydrogens is 250 g/mol. The van der Waals surface area contributed by atoms with Crippen LogP contribution in [0.2, 0.25) is 0 Å². The van der Waals surface area contributed by atoms with Crippen molar-refractivity contribution in [3.8, 4) is 0 Å². The Balaban J connectivity index is 2.07. The van der Waals surface area contributed by atoms with Crippen LogP contribution in [-0.4, -0.2) is 36.0 Å². The SMILES string of the molecule is CC1(C)CN(C(=O)Cc2cccc(F)c2F)CCN1. The van der Waals surface area contributed by atoms with E-state index in [1.54, 1.807) is 4.90 Å². The van der Waals surface area contributed by atoms with Crippen molar-refractivity contribution in [3.05, 3.63) is 35.4 Å². The molecule has 1 heterocycles. The highest BCUT2D eigenvalue weighted by molar-refractivity contribution is 5.79. The fraction of sp³-hybridized carbons (Fsp3) is 0.500. The zero-order valence-electron chi connectivity index (χ0n) is 11.2. The molecule has 0 atom stereocenters. The third-order valence-corrected chi connectivity index (χ3v) is 3.30. The highest BCUT2D eigenvalue weighted by Crippen LogP contribution is 2.15. The first-order valence-electron chi connectivity index (χ1n) is 6.35. The molecular formula is C14H18F2N2O. The molecule has 5 heteroatoms. The average molecular weight is 268 g/mol. The van der Waals surface area contributed by atoms with E-state index in [0.717, 1.165) is 6.07 Å². The number of amides is 1. The van der Waals surface area contributed by atoms with Gasteiger partial charge >= 0.3 is 0 Å². The molecule has 1 fully saturated rings. The second-order valence-corrected chi connectivity index (χ2v) is 5.52. The average Bonchev–Trinajstić information content (AvgIpc) is 2.33. The van der Waals surface area contributed by atoms with Crippen LogP contribution in [0.3, 0.4) is 0 Å². The zero-order valence-corrected chi connectivity index (χ0v) is 11.2. The molecule has 0 aliphatic carbocycles. The molecule has 1 aliphatic heterocycles. The topological polar surface area (TPSA) is 32.3 Å². The van der Waals surface area contributed by atoms with Crippen LogP contribution in [-0.2, 0) is 11.2 Å². The van der Waals surface area contributed by atoms with Gasteiger partial charge in [-0.25, -0.2) is 8.78 Å². The van der Waals surface area contributed by atoms with Crippen LogP contribution in [0.15, 0.2) is 18.2 Å². The van der Waals surface area contributed by atoms with E-state index in [2.05, 4.69) is 5.32 Å². The van der Waals surface area contributed by atoms with E-state index in [4.69, 9.17) is 0 Å². The van der Waals surface area contributed by atoms with Gasteiger partial charge in [0.15, 0.2) is 11.6 Å². The number of hydrogen-bond donors (Lipinski definition) is 1. The van der Waals surface area contributed by atoms with Crippen molar-refractivity contribution in [1.82, 2.24) is 10.2 Å². The number of nitrogens with one attached hydrogen (secondary N) is 1. The Bertz CT molecular complexity index is 488. The van der Waals surface area contributed by atoms with Crippen molar-refractivity contribution in [2.45, 2.75) is 25.8 Å². The maximum absolute atomic E-state index is 13.5. The molecule has 0 aromatic heterocycles. The minimum Gasteiger partial charge on any atom is -0.339 e. The fourth-order valence-electron chi connectivity index (χ4n) is 2.31. The van der Waals surface area contributed by atoms with Gasteiger partial charge in [-0.3, -0.25) is 4.79 Å². The number of carbonyl (C=O) groups is 1. The third-order valence-electron chi connectivity index (χ3n) is 3.30. The monoisotopic (exact) mass is 268 g/mol. The van der Waals surface area contributed by atoms with E-state index in [9.17, 15) is 13.6 Å². The van der Waals surface area contributed by atoms with Gasteiger partial charge in [0, 0.05) is 30.7 Å². The number of rotatable bonds is 2. The van der Waals surface area contributed by atoms with Crippen molar-refractivity contribution < 1.29 is 13.6 Å². The molecule has 1 aromatic rings. The summed E-state index contributed by atoms with van der Waals surface area (Å²) < 4.78 is 26.6. The van der Waals surface area contributed by atoms with E-state index in [0.29, 0.717) is 19.6 Å². The van der Waals surface area contributed by atoms with E-state index >= 15 is 0 Å². The lowest BCUT2D eigenvalue weighted by molar-refractivity contribution is -0.132. The van der Waals surface area contributed by atoms with Crippen molar-refractivity contribution in [2.75, 3.05) is 19.6 Å². The minimum absolute atomic E-state index is 0.0975. The van der Waals surface area contributed by atoms with Gasteiger partial charge in [-0.05, 0) is 19.9 Å². The Kier molecular flexibility index (Phi) is 3.85. The fourth-order valence-corrected chi connectivity index (χ4v) is 2.31. The first-order valence-corrected chi connectivity index (χ1v) is 6.35. The second kappa shape index (κ2) is 5.25. The highest BCUT2D eigenvalue weighted by atomic mass is 19.2. The summed E-state index contributed by atoms with van der Waals surface area (Å²) in [5.74, 6) is -2.00. The standard InChI is InChI=1S/C14H18F2N2O/c1-14(2)9-18(7-6-17-14)12(19)8-10-4-3-5-11(15)13(10)16/h3-5,17H,6-9H2,1-2H3. The van der Waals surface area contributed by atoms with Gasteiger partial charge in [0.25, 0.3) is 0 Å². The molecule has 1 saturated heterocycles. The first kappa shape index (κ1) is 13.9. The number of hydrogen-bond acceptors (Lipinski definition) is 2. The summed E-state index contributed by atoms with van der Waals surface area (Å²) in [5, 5.41) is 3.30. The summed E-state index contributed by atoms with van der Waals surface area (Å²) in [5.41, 5.74) is -0.0321. The van der Waals surface area contributed by atoms with Crippen molar-refractivity contribution in [2.24, 2.45) is 0 Å². The molecule has 3 nitrogen and oxygen atoms in total. The molecule has 1 aliphatic rings. The van der Waals surface area contributed by atoms with Crippen molar-refractivity contribution >= 4 is 5.91 Å². The molecule has 1 N–H and O–H groups in total. The van der Waals surface area contributed by atoms with E-state index in [-0.39, 0.29) is 23.4 Å². The van der Waals surface area contributed by atoms with Gasteiger partial charge in [0.1, 0.15) is 0 Å². The summed E-state index contributed by atoms with van der Waals surface area (Å²) in [4.78, 5) is 13.8. The molecule has 0 unspecified atom stereocenters.